The summed E-state index contributed by atoms with van der Waals surface area (Å²) in [6, 6.07) is 17.6. The first-order valence-corrected chi connectivity index (χ1v) is 7.94. The van der Waals surface area contributed by atoms with Crippen molar-refractivity contribution < 1.29 is 9.53 Å². The maximum atomic E-state index is 11.9. The number of amides is 1. The normalized spacial score (nSPS) is 10.6. The van der Waals surface area contributed by atoms with E-state index in [0.29, 0.717) is 6.54 Å². The Balaban J connectivity index is 1.68. The minimum absolute atomic E-state index is 0.0458. The Labute approximate surface area is 137 Å². The van der Waals surface area contributed by atoms with E-state index in [0.717, 1.165) is 24.4 Å². The van der Waals surface area contributed by atoms with Gasteiger partial charge in [-0.1, -0.05) is 30.3 Å². The van der Waals surface area contributed by atoms with Gasteiger partial charge in [0.2, 0.25) is 5.91 Å². The minimum atomic E-state index is -0.0458. The highest BCUT2D eigenvalue weighted by molar-refractivity contribution is 5.92. The Morgan fingerprint density at radius 2 is 1.74 bits per heavy atom. The van der Waals surface area contributed by atoms with Crippen molar-refractivity contribution in [2.24, 2.45) is 0 Å². The van der Waals surface area contributed by atoms with Gasteiger partial charge in [0.25, 0.3) is 0 Å². The summed E-state index contributed by atoms with van der Waals surface area (Å²) in [5.41, 5.74) is 2.04. The maximum absolute atomic E-state index is 11.9. The summed E-state index contributed by atoms with van der Waals surface area (Å²) >= 11 is 0. The van der Waals surface area contributed by atoms with Crippen molar-refractivity contribution in [2.45, 2.75) is 26.4 Å². The number of benzene rings is 2. The van der Waals surface area contributed by atoms with E-state index in [2.05, 4.69) is 22.8 Å². The van der Waals surface area contributed by atoms with Crippen molar-refractivity contribution in [2.75, 3.05) is 18.4 Å². The number of hydrogen-bond donors (Lipinski definition) is 2. The Hall–Kier alpha value is -2.33. The number of nitrogens with one attached hydrogen (secondary N) is 2. The SMILES string of the molecule is CC(C)Oc1ccc(NC(=O)CNCCc2ccccc2)cc1. The molecule has 23 heavy (non-hydrogen) atoms. The molecule has 0 aliphatic carbocycles. The van der Waals surface area contributed by atoms with Crippen LogP contribution in [-0.2, 0) is 11.2 Å². The van der Waals surface area contributed by atoms with Crippen LogP contribution in [0.25, 0.3) is 0 Å². The molecule has 2 aromatic carbocycles. The van der Waals surface area contributed by atoms with Crippen LogP contribution < -0.4 is 15.4 Å². The maximum Gasteiger partial charge on any atom is 0.238 e. The molecule has 0 aromatic heterocycles. The fourth-order valence-corrected chi connectivity index (χ4v) is 2.17. The van der Waals surface area contributed by atoms with Crippen molar-refractivity contribution in [3.63, 3.8) is 0 Å². The number of carbonyl (C=O) groups is 1. The molecule has 4 heteroatoms. The molecular formula is C19H24N2O2. The first kappa shape index (κ1) is 17.0. The van der Waals surface area contributed by atoms with Crippen LogP contribution in [0.2, 0.25) is 0 Å². The molecule has 0 aliphatic rings. The fraction of sp³-hybridized carbons (Fsp3) is 0.316. The molecule has 2 N–H and O–H groups in total. The van der Waals surface area contributed by atoms with Crippen LogP contribution in [0.4, 0.5) is 5.69 Å². The summed E-state index contributed by atoms with van der Waals surface area (Å²) < 4.78 is 5.57. The van der Waals surface area contributed by atoms with Gasteiger partial charge in [-0.3, -0.25) is 4.79 Å². The quantitative estimate of drug-likeness (QED) is 0.736. The highest BCUT2D eigenvalue weighted by Crippen LogP contribution is 2.16. The third-order valence-electron chi connectivity index (χ3n) is 3.23. The van der Waals surface area contributed by atoms with E-state index in [1.165, 1.54) is 5.56 Å². The first-order valence-electron chi connectivity index (χ1n) is 7.94. The van der Waals surface area contributed by atoms with Crippen molar-refractivity contribution >= 4 is 11.6 Å². The van der Waals surface area contributed by atoms with E-state index in [4.69, 9.17) is 4.74 Å². The summed E-state index contributed by atoms with van der Waals surface area (Å²) in [6.07, 6.45) is 1.05. The van der Waals surface area contributed by atoms with Gasteiger partial charge in [0, 0.05) is 5.69 Å². The molecule has 0 atom stereocenters. The second kappa shape index (κ2) is 8.96. The molecule has 2 aromatic rings. The molecule has 2 rings (SSSR count). The van der Waals surface area contributed by atoms with Gasteiger partial charge in [0.1, 0.15) is 5.75 Å². The molecular weight excluding hydrogens is 288 g/mol. The lowest BCUT2D eigenvalue weighted by Crippen LogP contribution is -2.29. The van der Waals surface area contributed by atoms with Crippen molar-refractivity contribution in [1.29, 1.82) is 0 Å². The molecule has 4 nitrogen and oxygen atoms in total. The van der Waals surface area contributed by atoms with Gasteiger partial charge in [-0.05, 0) is 56.6 Å². The van der Waals surface area contributed by atoms with Crippen LogP contribution in [0.3, 0.4) is 0 Å². The largest absolute Gasteiger partial charge is 0.491 e. The van der Waals surface area contributed by atoms with Gasteiger partial charge in [0.05, 0.1) is 12.6 Å². The van der Waals surface area contributed by atoms with E-state index < -0.39 is 0 Å². The topological polar surface area (TPSA) is 50.4 Å². The van der Waals surface area contributed by atoms with E-state index in [9.17, 15) is 4.79 Å². The number of anilines is 1. The van der Waals surface area contributed by atoms with Gasteiger partial charge < -0.3 is 15.4 Å². The van der Waals surface area contributed by atoms with Crippen molar-refractivity contribution in [1.82, 2.24) is 5.32 Å². The fourth-order valence-electron chi connectivity index (χ4n) is 2.17. The van der Waals surface area contributed by atoms with Crippen LogP contribution in [0.15, 0.2) is 54.6 Å². The lowest BCUT2D eigenvalue weighted by atomic mass is 10.1. The predicted octanol–water partition coefficient (Wildman–Crippen LogP) is 3.24. The van der Waals surface area contributed by atoms with E-state index in [1.54, 1.807) is 0 Å². The second-order valence-electron chi connectivity index (χ2n) is 5.65. The van der Waals surface area contributed by atoms with Crippen molar-refractivity contribution in [3.05, 3.63) is 60.2 Å². The molecule has 1 amide bonds. The average Bonchev–Trinajstić information content (AvgIpc) is 2.54. The first-order chi connectivity index (χ1) is 11.1. The molecule has 0 radical (unpaired) electrons. The third-order valence-corrected chi connectivity index (χ3v) is 3.23. The molecule has 0 saturated heterocycles. The van der Waals surface area contributed by atoms with Crippen LogP contribution >= 0.6 is 0 Å². The zero-order valence-corrected chi connectivity index (χ0v) is 13.7. The Morgan fingerprint density at radius 3 is 2.39 bits per heavy atom. The zero-order valence-electron chi connectivity index (χ0n) is 13.7. The highest BCUT2D eigenvalue weighted by Gasteiger charge is 2.03. The Bertz CT molecular complexity index is 595. The summed E-state index contributed by atoms with van der Waals surface area (Å²) in [4.78, 5) is 11.9. The number of hydrogen-bond acceptors (Lipinski definition) is 3. The summed E-state index contributed by atoms with van der Waals surface area (Å²) in [7, 11) is 0. The summed E-state index contributed by atoms with van der Waals surface area (Å²) in [6.45, 7) is 5.04. The van der Waals surface area contributed by atoms with Gasteiger partial charge in [-0.25, -0.2) is 0 Å². The van der Waals surface area contributed by atoms with Gasteiger partial charge in [-0.2, -0.15) is 0 Å². The highest BCUT2D eigenvalue weighted by atomic mass is 16.5. The summed E-state index contributed by atoms with van der Waals surface area (Å²) in [5, 5.41) is 6.02. The van der Waals surface area contributed by atoms with Crippen LogP contribution in [-0.4, -0.2) is 25.1 Å². The minimum Gasteiger partial charge on any atom is -0.491 e. The monoisotopic (exact) mass is 312 g/mol. The van der Waals surface area contributed by atoms with Gasteiger partial charge in [0.15, 0.2) is 0 Å². The molecule has 0 bridgehead atoms. The predicted molar refractivity (Wildman–Crippen MR) is 93.9 cm³/mol. The molecule has 0 saturated carbocycles. The van der Waals surface area contributed by atoms with Crippen molar-refractivity contribution in [3.8, 4) is 5.75 Å². The number of carbonyl (C=O) groups excluding carboxylic acids is 1. The van der Waals surface area contributed by atoms with Gasteiger partial charge >= 0.3 is 0 Å². The summed E-state index contributed by atoms with van der Waals surface area (Å²) in [5.74, 6) is 0.759. The molecule has 0 fully saturated rings. The Morgan fingerprint density at radius 1 is 1.04 bits per heavy atom. The molecule has 0 unspecified atom stereocenters. The molecule has 122 valence electrons. The molecule has 0 heterocycles. The lowest BCUT2D eigenvalue weighted by molar-refractivity contribution is -0.115. The lowest BCUT2D eigenvalue weighted by Gasteiger charge is -2.11. The number of ether oxygens (including phenoxy) is 1. The van der Waals surface area contributed by atoms with Crippen LogP contribution in [0.5, 0.6) is 5.75 Å². The smallest absolute Gasteiger partial charge is 0.238 e. The third kappa shape index (κ3) is 6.53. The number of rotatable bonds is 8. The second-order valence-corrected chi connectivity index (χ2v) is 5.65. The zero-order chi connectivity index (χ0) is 16.5. The van der Waals surface area contributed by atoms with Crippen LogP contribution in [0, 0.1) is 0 Å². The Kier molecular flexibility index (Phi) is 6.63. The standard InChI is InChI=1S/C19H24N2O2/c1-15(2)23-18-10-8-17(9-11-18)21-19(22)14-20-13-12-16-6-4-3-5-7-16/h3-11,15,20H,12-14H2,1-2H3,(H,21,22). The molecule has 0 aliphatic heterocycles. The van der Waals surface area contributed by atoms with Gasteiger partial charge in [-0.15, -0.1) is 0 Å². The van der Waals surface area contributed by atoms with E-state index in [-0.39, 0.29) is 12.0 Å². The average molecular weight is 312 g/mol. The van der Waals surface area contributed by atoms with E-state index in [1.807, 2.05) is 56.3 Å². The van der Waals surface area contributed by atoms with Crippen LogP contribution in [0.1, 0.15) is 19.4 Å². The molecule has 0 spiro atoms. The van der Waals surface area contributed by atoms with E-state index >= 15 is 0 Å².